The largest absolute Gasteiger partial charge is 0.492 e. The van der Waals surface area contributed by atoms with Gasteiger partial charge in [-0.15, -0.1) is 0 Å². The first-order chi connectivity index (χ1) is 16.0. The molecular formula is C27H28N2O3S. The Bertz CT molecular complexity index is 1200. The molecule has 0 saturated heterocycles. The van der Waals surface area contributed by atoms with Gasteiger partial charge in [0.25, 0.3) is 5.91 Å². The Kier molecular flexibility index (Phi) is 7.25. The second kappa shape index (κ2) is 10.5. The van der Waals surface area contributed by atoms with E-state index in [-0.39, 0.29) is 12.5 Å². The van der Waals surface area contributed by atoms with E-state index in [2.05, 4.69) is 13.8 Å². The van der Waals surface area contributed by atoms with Crippen LogP contribution in [0.2, 0.25) is 0 Å². The van der Waals surface area contributed by atoms with Crippen LogP contribution < -0.4 is 14.4 Å². The maximum Gasteiger partial charge on any atom is 0.267 e. The average molecular weight is 461 g/mol. The van der Waals surface area contributed by atoms with E-state index in [0.717, 1.165) is 21.5 Å². The van der Waals surface area contributed by atoms with Crippen molar-refractivity contribution in [2.24, 2.45) is 0 Å². The number of hydrogen-bond acceptors (Lipinski definition) is 5. The van der Waals surface area contributed by atoms with Gasteiger partial charge in [0.05, 0.1) is 17.9 Å². The molecule has 170 valence electrons. The molecule has 1 heterocycles. The van der Waals surface area contributed by atoms with E-state index in [0.29, 0.717) is 30.0 Å². The lowest BCUT2D eigenvalue weighted by atomic mass is 10.0. The first kappa shape index (κ1) is 22.8. The van der Waals surface area contributed by atoms with Gasteiger partial charge in [0.15, 0.2) is 11.7 Å². The van der Waals surface area contributed by atoms with Crippen LogP contribution in [0.4, 0.5) is 5.13 Å². The van der Waals surface area contributed by atoms with E-state index >= 15 is 0 Å². The van der Waals surface area contributed by atoms with Crippen molar-refractivity contribution in [2.75, 3.05) is 18.1 Å². The SMILES string of the molecule is CCOc1cccc2sc(N(Cc3ccccc3)C(=O)COc3ccc(C(C)C)cc3)nc12. The van der Waals surface area contributed by atoms with Gasteiger partial charge in [-0.05, 0) is 48.2 Å². The molecule has 0 aliphatic carbocycles. The Morgan fingerprint density at radius 2 is 1.73 bits per heavy atom. The van der Waals surface area contributed by atoms with Crippen molar-refractivity contribution in [3.8, 4) is 11.5 Å². The normalized spacial score (nSPS) is 11.0. The Balaban J connectivity index is 1.58. The van der Waals surface area contributed by atoms with Crippen LogP contribution in [0.3, 0.4) is 0 Å². The summed E-state index contributed by atoms with van der Waals surface area (Å²) < 4.78 is 12.6. The summed E-state index contributed by atoms with van der Waals surface area (Å²) in [4.78, 5) is 19.8. The number of benzene rings is 3. The van der Waals surface area contributed by atoms with Gasteiger partial charge in [0.2, 0.25) is 0 Å². The molecule has 5 nitrogen and oxygen atoms in total. The van der Waals surface area contributed by atoms with Gasteiger partial charge in [-0.1, -0.05) is 73.7 Å². The Labute approximate surface area is 198 Å². The smallest absolute Gasteiger partial charge is 0.267 e. The third-order valence-electron chi connectivity index (χ3n) is 5.30. The minimum atomic E-state index is -0.149. The molecule has 0 radical (unpaired) electrons. The van der Waals surface area contributed by atoms with Crippen molar-refractivity contribution in [2.45, 2.75) is 33.2 Å². The lowest BCUT2D eigenvalue weighted by molar-refractivity contribution is -0.120. The predicted octanol–water partition coefficient (Wildman–Crippen LogP) is 6.43. The lowest BCUT2D eigenvalue weighted by Gasteiger charge is -2.20. The molecule has 1 amide bonds. The van der Waals surface area contributed by atoms with Gasteiger partial charge in [0, 0.05) is 0 Å². The minimum Gasteiger partial charge on any atom is -0.492 e. The monoisotopic (exact) mass is 460 g/mol. The van der Waals surface area contributed by atoms with Crippen LogP contribution in [-0.4, -0.2) is 24.1 Å². The molecule has 0 aliphatic rings. The molecule has 1 aromatic heterocycles. The van der Waals surface area contributed by atoms with Crippen LogP contribution in [0.25, 0.3) is 10.2 Å². The number of carbonyl (C=O) groups is 1. The maximum absolute atomic E-state index is 13.3. The highest BCUT2D eigenvalue weighted by Crippen LogP contribution is 2.35. The number of carbonyl (C=O) groups excluding carboxylic acids is 1. The number of para-hydroxylation sites is 1. The Morgan fingerprint density at radius 3 is 2.42 bits per heavy atom. The van der Waals surface area contributed by atoms with Crippen LogP contribution in [-0.2, 0) is 11.3 Å². The van der Waals surface area contributed by atoms with Gasteiger partial charge in [-0.25, -0.2) is 4.98 Å². The van der Waals surface area contributed by atoms with Gasteiger partial charge in [0.1, 0.15) is 17.0 Å². The van der Waals surface area contributed by atoms with E-state index in [9.17, 15) is 4.79 Å². The molecule has 0 atom stereocenters. The molecule has 0 spiro atoms. The fourth-order valence-electron chi connectivity index (χ4n) is 3.50. The van der Waals surface area contributed by atoms with Crippen molar-refractivity contribution in [3.05, 3.63) is 83.9 Å². The highest BCUT2D eigenvalue weighted by atomic mass is 32.1. The topological polar surface area (TPSA) is 51.7 Å². The quantitative estimate of drug-likeness (QED) is 0.289. The van der Waals surface area contributed by atoms with E-state index in [1.54, 1.807) is 4.90 Å². The number of amides is 1. The van der Waals surface area contributed by atoms with Crippen molar-refractivity contribution >= 4 is 32.6 Å². The van der Waals surface area contributed by atoms with E-state index in [1.165, 1.54) is 16.9 Å². The number of thiazole rings is 1. The third kappa shape index (κ3) is 5.52. The van der Waals surface area contributed by atoms with Crippen molar-refractivity contribution in [1.29, 1.82) is 0 Å². The van der Waals surface area contributed by atoms with Crippen molar-refractivity contribution in [3.63, 3.8) is 0 Å². The summed E-state index contributed by atoms with van der Waals surface area (Å²) in [7, 11) is 0. The fourth-order valence-corrected chi connectivity index (χ4v) is 4.50. The zero-order valence-corrected chi connectivity index (χ0v) is 20.0. The molecule has 0 aliphatic heterocycles. The first-order valence-corrected chi connectivity index (χ1v) is 12.0. The molecule has 0 N–H and O–H groups in total. The third-order valence-corrected chi connectivity index (χ3v) is 6.34. The van der Waals surface area contributed by atoms with Gasteiger partial charge >= 0.3 is 0 Å². The lowest BCUT2D eigenvalue weighted by Crippen LogP contribution is -2.34. The zero-order chi connectivity index (χ0) is 23.2. The average Bonchev–Trinajstić information content (AvgIpc) is 3.27. The molecule has 33 heavy (non-hydrogen) atoms. The first-order valence-electron chi connectivity index (χ1n) is 11.1. The maximum atomic E-state index is 13.3. The minimum absolute atomic E-state index is 0.0674. The summed E-state index contributed by atoms with van der Waals surface area (Å²) in [5.74, 6) is 1.70. The molecule has 3 aromatic carbocycles. The number of ether oxygens (including phenoxy) is 2. The van der Waals surface area contributed by atoms with E-state index < -0.39 is 0 Å². The molecule has 4 aromatic rings. The highest BCUT2D eigenvalue weighted by molar-refractivity contribution is 7.22. The standard InChI is InChI=1S/C27H28N2O3S/c1-4-31-23-11-8-12-24-26(23)28-27(33-24)29(17-20-9-6-5-7-10-20)25(30)18-32-22-15-13-21(14-16-22)19(2)3/h5-16,19H,4,17-18H2,1-3H3. The van der Waals surface area contributed by atoms with Crippen LogP contribution in [0.1, 0.15) is 37.8 Å². The number of fused-ring (bicyclic) bond motifs is 1. The summed E-state index contributed by atoms with van der Waals surface area (Å²) >= 11 is 1.48. The van der Waals surface area contributed by atoms with E-state index in [4.69, 9.17) is 14.5 Å². The molecule has 4 rings (SSSR count). The molecule has 0 unspecified atom stereocenters. The van der Waals surface area contributed by atoms with Gasteiger partial charge in [-0.2, -0.15) is 0 Å². The van der Waals surface area contributed by atoms with Gasteiger partial charge < -0.3 is 9.47 Å². The van der Waals surface area contributed by atoms with Gasteiger partial charge in [-0.3, -0.25) is 9.69 Å². The van der Waals surface area contributed by atoms with Crippen LogP contribution in [0.15, 0.2) is 72.8 Å². The zero-order valence-electron chi connectivity index (χ0n) is 19.2. The van der Waals surface area contributed by atoms with Crippen LogP contribution in [0.5, 0.6) is 11.5 Å². The number of aromatic nitrogens is 1. The van der Waals surface area contributed by atoms with Crippen molar-refractivity contribution in [1.82, 2.24) is 4.98 Å². The summed E-state index contributed by atoms with van der Waals surface area (Å²) in [6, 6.07) is 23.7. The summed E-state index contributed by atoms with van der Waals surface area (Å²) in [6.45, 7) is 7.15. The highest BCUT2D eigenvalue weighted by Gasteiger charge is 2.22. The summed E-state index contributed by atoms with van der Waals surface area (Å²) in [5, 5.41) is 0.629. The molecule has 0 saturated carbocycles. The molecular weight excluding hydrogens is 432 g/mol. The summed E-state index contributed by atoms with van der Waals surface area (Å²) in [5.41, 5.74) is 3.03. The summed E-state index contributed by atoms with van der Waals surface area (Å²) in [6.07, 6.45) is 0. The molecule has 0 bridgehead atoms. The Hall–Kier alpha value is -3.38. The van der Waals surface area contributed by atoms with Crippen LogP contribution >= 0.6 is 11.3 Å². The Morgan fingerprint density at radius 1 is 0.970 bits per heavy atom. The predicted molar refractivity (Wildman–Crippen MR) is 134 cm³/mol. The number of hydrogen-bond donors (Lipinski definition) is 0. The second-order valence-electron chi connectivity index (χ2n) is 8.01. The number of anilines is 1. The number of rotatable bonds is 9. The molecule has 6 heteroatoms. The van der Waals surface area contributed by atoms with Crippen molar-refractivity contribution < 1.29 is 14.3 Å². The fraction of sp³-hybridized carbons (Fsp3) is 0.259. The molecule has 0 fully saturated rings. The van der Waals surface area contributed by atoms with Crippen LogP contribution in [0, 0.1) is 0 Å². The van der Waals surface area contributed by atoms with E-state index in [1.807, 2.05) is 79.7 Å². The number of nitrogens with zero attached hydrogens (tertiary/aromatic N) is 2. The second-order valence-corrected chi connectivity index (χ2v) is 9.02.